The summed E-state index contributed by atoms with van der Waals surface area (Å²) in [6, 6.07) is 19.6. The van der Waals surface area contributed by atoms with Crippen LogP contribution in [0.3, 0.4) is 0 Å². The first-order valence-electron chi connectivity index (χ1n) is 11.1. The molecule has 1 aliphatic carbocycles. The van der Waals surface area contributed by atoms with E-state index in [0.717, 1.165) is 46.8 Å². The molecule has 0 bridgehead atoms. The molecule has 6 heteroatoms. The smallest absolute Gasteiger partial charge is 0.168 e. The van der Waals surface area contributed by atoms with E-state index in [2.05, 4.69) is 11.1 Å². The van der Waals surface area contributed by atoms with E-state index in [-0.39, 0.29) is 6.10 Å². The number of aromatic nitrogens is 3. The van der Waals surface area contributed by atoms with Gasteiger partial charge in [-0.1, -0.05) is 24.3 Å². The van der Waals surface area contributed by atoms with Crippen molar-refractivity contribution in [2.75, 3.05) is 7.11 Å². The molecule has 5 rings (SSSR count). The molecule has 2 aromatic carbocycles. The van der Waals surface area contributed by atoms with Crippen LogP contribution in [0.25, 0.3) is 29.0 Å². The maximum absolute atomic E-state index is 9.12. The summed E-state index contributed by atoms with van der Waals surface area (Å²) in [5.74, 6) is 2.94. The molecule has 164 valence electrons. The quantitative estimate of drug-likeness (QED) is 0.382. The van der Waals surface area contributed by atoms with Gasteiger partial charge in [0, 0.05) is 11.8 Å². The number of nitrogens with zero attached hydrogens (tertiary/aromatic N) is 4. The minimum absolute atomic E-state index is 0.223. The number of fused-ring (bicyclic) bond motifs is 1. The monoisotopic (exact) mass is 436 g/mol. The second-order valence-corrected chi connectivity index (χ2v) is 8.05. The Kier molecular flexibility index (Phi) is 5.77. The molecule has 33 heavy (non-hydrogen) atoms. The molecule has 1 fully saturated rings. The number of imidazole rings is 1. The fourth-order valence-electron chi connectivity index (χ4n) is 4.27. The highest BCUT2D eigenvalue weighted by atomic mass is 16.5. The third-order valence-electron chi connectivity index (χ3n) is 5.92. The molecule has 4 aromatic rings. The summed E-state index contributed by atoms with van der Waals surface area (Å²) in [4.78, 5) is 9.31. The maximum Gasteiger partial charge on any atom is 0.168 e. The lowest BCUT2D eigenvalue weighted by molar-refractivity contribution is 0.200. The van der Waals surface area contributed by atoms with Crippen LogP contribution in [0.15, 0.2) is 60.8 Å². The molecule has 0 atom stereocenters. The third-order valence-corrected chi connectivity index (χ3v) is 5.92. The van der Waals surface area contributed by atoms with Gasteiger partial charge >= 0.3 is 0 Å². The number of rotatable bonds is 6. The number of methoxy groups -OCH3 is 1. The number of pyridine rings is 1. The van der Waals surface area contributed by atoms with Crippen molar-refractivity contribution in [3.63, 3.8) is 0 Å². The molecule has 0 N–H and O–H groups in total. The summed E-state index contributed by atoms with van der Waals surface area (Å²) < 4.78 is 14.0. The average molecular weight is 437 g/mol. The molecule has 0 amide bonds. The van der Waals surface area contributed by atoms with Crippen molar-refractivity contribution in [2.24, 2.45) is 0 Å². The number of nitriles is 1. The highest BCUT2D eigenvalue weighted by Gasteiger charge is 2.20. The zero-order valence-electron chi connectivity index (χ0n) is 18.4. The Morgan fingerprint density at radius 1 is 1.03 bits per heavy atom. The van der Waals surface area contributed by atoms with Crippen molar-refractivity contribution < 1.29 is 9.47 Å². The molecule has 0 unspecified atom stereocenters. The van der Waals surface area contributed by atoms with Crippen LogP contribution in [0.1, 0.15) is 42.6 Å². The Hall–Kier alpha value is -4.11. The van der Waals surface area contributed by atoms with E-state index in [1.807, 2.05) is 65.3 Å². The summed E-state index contributed by atoms with van der Waals surface area (Å²) in [6.07, 6.45) is 10.3. The molecule has 0 aliphatic heterocycles. The highest BCUT2D eigenvalue weighted by Crippen LogP contribution is 2.36. The summed E-state index contributed by atoms with van der Waals surface area (Å²) in [6.45, 7) is 0. The van der Waals surface area contributed by atoms with Gasteiger partial charge in [-0.3, -0.25) is 4.57 Å². The lowest BCUT2D eigenvalue weighted by atomic mass is 10.1. The Labute approximate surface area is 192 Å². The highest BCUT2D eigenvalue weighted by molar-refractivity contribution is 5.82. The van der Waals surface area contributed by atoms with Crippen molar-refractivity contribution in [1.82, 2.24) is 14.5 Å². The lowest BCUT2D eigenvalue weighted by Gasteiger charge is -2.18. The van der Waals surface area contributed by atoms with Crippen LogP contribution in [0.4, 0.5) is 0 Å². The maximum atomic E-state index is 9.12. The molecule has 2 aromatic heterocycles. The van der Waals surface area contributed by atoms with Gasteiger partial charge in [0.1, 0.15) is 17.7 Å². The Bertz CT molecular complexity index is 1340. The van der Waals surface area contributed by atoms with Crippen LogP contribution in [0, 0.1) is 11.3 Å². The van der Waals surface area contributed by atoms with Crippen molar-refractivity contribution >= 4 is 23.2 Å². The number of ether oxygens (including phenoxy) is 2. The molecule has 6 nitrogen and oxygen atoms in total. The molecule has 0 spiro atoms. The second-order valence-electron chi connectivity index (χ2n) is 8.05. The predicted octanol–water partition coefficient (Wildman–Crippen LogP) is 5.79. The predicted molar refractivity (Wildman–Crippen MR) is 128 cm³/mol. The van der Waals surface area contributed by atoms with E-state index in [4.69, 9.17) is 19.7 Å². The van der Waals surface area contributed by atoms with Gasteiger partial charge in [0.2, 0.25) is 0 Å². The van der Waals surface area contributed by atoms with Crippen LogP contribution in [0.5, 0.6) is 11.5 Å². The largest absolute Gasteiger partial charge is 0.493 e. The lowest BCUT2D eigenvalue weighted by Crippen LogP contribution is -2.12. The Morgan fingerprint density at radius 2 is 1.88 bits per heavy atom. The van der Waals surface area contributed by atoms with Gasteiger partial charge in [-0.25, -0.2) is 9.97 Å². The van der Waals surface area contributed by atoms with Crippen LogP contribution in [-0.4, -0.2) is 27.7 Å². The van der Waals surface area contributed by atoms with Gasteiger partial charge in [0.15, 0.2) is 11.5 Å². The normalized spacial score (nSPS) is 14.1. The summed E-state index contributed by atoms with van der Waals surface area (Å²) in [5, 5.41) is 9.12. The molecule has 0 radical (unpaired) electrons. The minimum Gasteiger partial charge on any atom is -0.493 e. The van der Waals surface area contributed by atoms with Crippen LogP contribution < -0.4 is 9.47 Å². The van der Waals surface area contributed by atoms with Crippen LogP contribution in [-0.2, 0) is 0 Å². The van der Waals surface area contributed by atoms with E-state index in [0.29, 0.717) is 11.4 Å². The number of hydrogen-bond donors (Lipinski definition) is 0. The average Bonchev–Trinajstić information content (AvgIpc) is 3.51. The first-order valence-corrected chi connectivity index (χ1v) is 11.1. The van der Waals surface area contributed by atoms with Gasteiger partial charge < -0.3 is 9.47 Å². The fourth-order valence-corrected chi connectivity index (χ4v) is 4.27. The molecular weight excluding hydrogens is 412 g/mol. The SMILES string of the molecule is COc1cccc(C=Cc2nc3ccccc3n2-c2ccc(C#N)cn2)c1OC1CCCC1. The molecule has 0 saturated heterocycles. The summed E-state index contributed by atoms with van der Waals surface area (Å²) in [7, 11) is 1.67. The van der Waals surface area contributed by atoms with Gasteiger partial charge in [0.25, 0.3) is 0 Å². The molecule has 1 aliphatic rings. The Morgan fingerprint density at radius 3 is 2.64 bits per heavy atom. The van der Waals surface area contributed by atoms with Gasteiger partial charge in [-0.15, -0.1) is 0 Å². The van der Waals surface area contributed by atoms with E-state index in [1.54, 1.807) is 19.4 Å². The third kappa shape index (κ3) is 4.18. The van der Waals surface area contributed by atoms with E-state index in [9.17, 15) is 0 Å². The molecule has 2 heterocycles. The van der Waals surface area contributed by atoms with Gasteiger partial charge in [-0.05, 0) is 68.2 Å². The topological polar surface area (TPSA) is 73.0 Å². The summed E-state index contributed by atoms with van der Waals surface area (Å²) >= 11 is 0. The van der Waals surface area contributed by atoms with Crippen molar-refractivity contribution in [3.8, 4) is 23.4 Å². The fraction of sp³-hybridized carbons (Fsp3) is 0.222. The standard InChI is InChI=1S/C27H24N4O2/c1-32-24-12-6-7-20(27(24)33-21-8-2-3-9-21)14-16-26-30-22-10-4-5-11-23(22)31(26)25-15-13-19(17-28)18-29-25/h4-7,10-16,18,21H,2-3,8-9H2,1H3. The van der Waals surface area contributed by atoms with E-state index in [1.165, 1.54) is 12.8 Å². The molecule has 1 saturated carbocycles. The first-order chi connectivity index (χ1) is 16.3. The van der Waals surface area contributed by atoms with Crippen molar-refractivity contribution in [1.29, 1.82) is 5.26 Å². The zero-order chi connectivity index (χ0) is 22.6. The number of hydrogen-bond acceptors (Lipinski definition) is 5. The van der Waals surface area contributed by atoms with Gasteiger partial charge in [-0.2, -0.15) is 5.26 Å². The first kappa shape index (κ1) is 20.8. The van der Waals surface area contributed by atoms with Crippen LogP contribution >= 0.6 is 0 Å². The second kappa shape index (κ2) is 9.17. The zero-order valence-corrected chi connectivity index (χ0v) is 18.4. The number of benzene rings is 2. The van der Waals surface area contributed by atoms with E-state index < -0.39 is 0 Å². The van der Waals surface area contributed by atoms with Gasteiger partial charge in [0.05, 0.1) is 29.8 Å². The minimum atomic E-state index is 0.223. The van der Waals surface area contributed by atoms with Crippen molar-refractivity contribution in [3.05, 3.63) is 77.7 Å². The number of para-hydroxylation sites is 3. The van der Waals surface area contributed by atoms with Crippen LogP contribution in [0.2, 0.25) is 0 Å². The Balaban J connectivity index is 1.57. The summed E-state index contributed by atoms with van der Waals surface area (Å²) in [5.41, 5.74) is 3.27. The van der Waals surface area contributed by atoms with Crippen molar-refractivity contribution in [2.45, 2.75) is 31.8 Å². The van der Waals surface area contributed by atoms with E-state index >= 15 is 0 Å². The molecular formula is C27H24N4O2.